The molecule has 1 aliphatic rings. The molecule has 1 amide bonds. The van der Waals surface area contributed by atoms with E-state index < -0.39 is 0 Å². The van der Waals surface area contributed by atoms with E-state index in [2.05, 4.69) is 54.2 Å². The predicted octanol–water partition coefficient (Wildman–Crippen LogP) is 8.12. The average Bonchev–Trinajstić information content (AvgIpc) is 3.54. The van der Waals surface area contributed by atoms with Crippen LogP contribution >= 0.6 is 11.3 Å². The highest BCUT2D eigenvalue weighted by atomic mass is 32.1. The second kappa shape index (κ2) is 13.3. The van der Waals surface area contributed by atoms with Gasteiger partial charge in [0, 0.05) is 29.7 Å². The largest absolute Gasteiger partial charge is 0.497 e. The minimum absolute atomic E-state index is 0.0432. The van der Waals surface area contributed by atoms with Crippen LogP contribution in [-0.4, -0.2) is 29.1 Å². The first-order valence-corrected chi connectivity index (χ1v) is 15.0. The van der Waals surface area contributed by atoms with Gasteiger partial charge in [-0.15, -0.1) is 11.3 Å². The highest BCUT2D eigenvalue weighted by Gasteiger charge is 2.23. The highest BCUT2D eigenvalue weighted by molar-refractivity contribution is 7.13. The first-order valence-electron chi connectivity index (χ1n) is 14.1. The predicted molar refractivity (Wildman–Crippen MR) is 154 cm³/mol. The van der Waals surface area contributed by atoms with Gasteiger partial charge in [0.2, 0.25) is 0 Å². The Balaban J connectivity index is 1.60. The van der Waals surface area contributed by atoms with E-state index in [0.717, 1.165) is 58.5 Å². The minimum atomic E-state index is 0.0432. The fourth-order valence-corrected chi connectivity index (χ4v) is 6.30. The van der Waals surface area contributed by atoms with Crippen molar-refractivity contribution in [3.8, 4) is 27.7 Å². The molecule has 5 nitrogen and oxygen atoms in total. The van der Waals surface area contributed by atoms with Crippen molar-refractivity contribution in [2.45, 2.75) is 85.1 Å². The lowest BCUT2D eigenvalue weighted by Crippen LogP contribution is -2.29. The Morgan fingerprint density at radius 3 is 2.62 bits per heavy atom. The van der Waals surface area contributed by atoms with Crippen molar-refractivity contribution in [2.75, 3.05) is 13.7 Å². The number of unbranched alkanes of at least 4 members (excludes halogenated alkanes) is 1. The van der Waals surface area contributed by atoms with Crippen molar-refractivity contribution in [1.29, 1.82) is 0 Å². The topological polar surface area (TPSA) is 56.1 Å². The van der Waals surface area contributed by atoms with Gasteiger partial charge >= 0.3 is 0 Å². The van der Waals surface area contributed by atoms with Crippen LogP contribution in [0.4, 0.5) is 0 Å². The van der Waals surface area contributed by atoms with Crippen molar-refractivity contribution in [1.82, 2.24) is 14.9 Å². The molecule has 1 aliphatic carbocycles. The van der Waals surface area contributed by atoms with Gasteiger partial charge in [0.05, 0.1) is 24.1 Å². The molecule has 0 bridgehead atoms. The summed E-state index contributed by atoms with van der Waals surface area (Å²) >= 11 is 1.65. The molecule has 2 aromatic heterocycles. The standard InChI is InChI=1S/C31H43N3O2S/c1-5-7-11-23(6-2)19-32-30(35)27-18-29(34(22(27)3)20-24-12-9-8-10-13-24)28-21-37-31(33-28)25-14-16-26(36-4)17-15-25/h14-18,21,23-24H,5-13,19-20H2,1-4H3,(H,32,35). The number of rotatable bonds is 12. The number of benzene rings is 1. The Kier molecular flexibility index (Phi) is 9.84. The SMILES string of the molecule is CCCCC(CC)CNC(=O)c1cc(-c2csc(-c3ccc(OC)cc3)n2)n(CC2CCCCC2)c1C. The summed E-state index contributed by atoms with van der Waals surface area (Å²) in [7, 11) is 1.68. The lowest BCUT2D eigenvalue weighted by molar-refractivity contribution is 0.0945. The molecule has 37 heavy (non-hydrogen) atoms. The zero-order valence-corrected chi connectivity index (χ0v) is 23.8. The molecule has 200 valence electrons. The Morgan fingerprint density at radius 1 is 1.19 bits per heavy atom. The van der Waals surface area contributed by atoms with Gasteiger partial charge in [-0.3, -0.25) is 4.79 Å². The average molecular weight is 522 g/mol. The van der Waals surface area contributed by atoms with Crippen molar-refractivity contribution in [2.24, 2.45) is 11.8 Å². The fraction of sp³-hybridized carbons (Fsp3) is 0.548. The van der Waals surface area contributed by atoms with Gasteiger partial charge in [-0.1, -0.05) is 52.4 Å². The van der Waals surface area contributed by atoms with E-state index in [1.807, 2.05) is 12.1 Å². The lowest BCUT2D eigenvalue weighted by Gasteiger charge is -2.24. The first kappa shape index (κ1) is 27.4. The van der Waals surface area contributed by atoms with Crippen LogP contribution in [0.5, 0.6) is 5.75 Å². The number of hydrogen-bond acceptors (Lipinski definition) is 4. The van der Waals surface area contributed by atoms with Gasteiger partial charge in [0.1, 0.15) is 10.8 Å². The van der Waals surface area contributed by atoms with Crippen LogP contribution in [0.3, 0.4) is 0 Å². The summed E-state index contributed by atoms with van der Waals surface area (Å²) in [6.07, 6.45) is 11.2. The molecule has 1 unspecified atom stereocenters. The van der Waals surface area contributed by atoms with Gasteiger partial charge in [-0.25, -0.2) is 4.98 Å². The van der Waals surface area contributed by atoms with E-state index in [4.69, 9.17) is 9.72 Å². The molecule has 1 aromatic carbocycles. The number of methoxy groups -OCH3 is 1. The van der Waals surface area contributed by atoms with Gasteiger partial charge in [-0.2, -0.15) is 0 Å². The van der Waals surface area contributed by atoms with Crippen molar-refractivity contribution < 1.29 is 9.53 Å². The van der Waals surface area contributed by atoms with E-state index in [1.54, 1.807) is 18.4 Å². The number of nitrogens with one attached hydrogen (secondary N) is 1. The Morgan fingerprint density at radius 2 is 1.95 bits per heavy atom. The van der Waals surface area contributed by atoms with Crippen LogP contribution < -0.4 is 10.1 Å². The third kappa shape index (κ3) is 6.84. The molecule has 0 spiro atoms. The van der Waals surface area contributed by atoms with E-state index >= 15 is 0 Å². The smallest absolute Gasteiger partial charge is 0.253 e. The van der Waals surface area contributed by atoms with Crippen LogP contribution in [0.15, 0.2) is 35.7 Å². The summed E-state index contributed by atoms with van der Waals surface area (Å²) in [5, 5.41) is 6.37. The number of hydrogen-bond donors (Lipinski definition) is 1. The van der Waals surface area contributed by atoms with Crippen molar-refractivity contribution in [3.63, 3.8) is 0 Å². The summed E-state index contributed by atoms with van der Waals surface area (Å²) in [5.41, 5.74) is 4.93. The van der Waals surface area contributed by atoms with E-state index in [1.165, 1.54) is 51.4 Å². The van der Waals surface area contributed by atoms with Gasteiger partial charge in [0.15, 0.2) is 0 Å². The monoisotopic (exact) mass is 521 g/mol. The summed E-state index contributed by atoms with van der Waals surface area (Å²) in [6, 6.07) is 10.1. The van der Waals surface area contributed by atoms with E-state index in [-0.39, 0.29) is 5.91 Å². The molecule has 0 saturated heterocycles. The number of carbonyl (C=O) groups is 1. The number of nitrogens with zero attached hydrogens (tertiary/aromatic N) is 2. The maximum atomic E-state index is 13.4. The second-order valence-corrected chi connectivity index (χ2v) is 11.4. The number of aromatic nitrogens is 2. The van der Waals surface area contributed by atoms with E-state index in [0.29, 0.717) is 11.8 Å². The maximum Gasteiger partial charge on any atom is 0.253 e. The molecule has 6 heteroatoms. The van der Waals surface area contributed by atoms with Crippen LogP contribution in [0, 0.1) is 18.8 Å². The number of thiazole rings is 1. The van der Waals surface area contributed by atoms with Crippen LogP contribution in [0.25, 0.3) is 22.0 Å². The molecule has 0 aliphatic heterocycles. The molecule has 2 heterocycles. The van der Waals surface area contributed by atoms with Crippen molar-refractivity contribution in [3.05, 3.63) is 47.0 Å². The lowest BCUT2D eigenvalue weighted by atomic mass is 9.89. The first-order chi connectivity index (χ1) is 18.0. The molecule has 1 N–H and O–H groups in total. The summed E-state index contributed by atoms with van der Waals surface area (Å²) in [6.45, 7) is 8.25. The third-order valence-electron chi connectivity index (χ3n) is 7.97. The summed E-state index contributed by atoms with van der Waals surface area (Å²) in [4.78, 5) is 18.4. The van der Waals surface area contributed by atoms with Gasteiger partial charge in [-0.05, 0) is 68.4 Å². The number of carbonyl (C=O) groups excluding carboxylic acids is 1. The fourth-order valence-electron chi connectivity index (χ4n) is 5.48. The summed E-state index contributed by atoms with van der Waals surface area (Å²) < 4.78 is 7.68. The molecule has 1 fully saturated rings. The molecule has 1 atom stereocenters. The third-order valence-corrected chi connectivity index (χ3v) is 8.87. The molecule has 4 rings (SSSR count). The van der Waals surface area contributed by atoms with Crippen LogP contribution in [-0.2, 0) is 6.54 Å². The molecule has 0 radical (unpaired) electrons. The van der Waals surface area contributed by atoms with E-state index in [9.17, 15) is 4.79 Å². The normalized spacial score (nSPS) is 15.0. The second-order valence-electron chi connectivity index (χ2n) is 10.5. The summed E-state index contributed by atoms with van der Waals surface area (Å²) in [5.74, 6) is 2.08. The number of amides is 1. The quantitative estimate of drug-likeness (QED) is 0.262. The highest BCUT2D eigenvalue weighted by Crippen LogP contribution is 2.34. The Hall–Kier alpha value is -2.60. The molecule has 3 aromatic rings. The number of ether oxygens (including phenoxy) is 1. The van der Waals surface area contributed by atoms with Crippen LogP contribution in [0.1, 0.15) is 87.7 Å². The van der Waals surface area contributed by atoms with Crippen molar-refractivity contribution >= 4 is 17.2 Å². The zero-order valence-electron chi connectivity index (χ0n) is 23.0. The Bertz CT molecular complexity index is 1140. The minimum Gasteiger partial charge on any atom is -0.497 e. The molecular formula is C31H43N3O2S. The maximum absolute atomic E-state index is 13.4. The molecular weight excluding hydrogens is 478 g/mol. The van der Waals surface area contributed by atoms with Gasteiger partial charge in [0.25, 0.3) is 5.91 Å². The molecule has 1 saturated carbocycles. The van der Waals surface area contributed by atoms with Gasteiger partial charge < -0.3 is 14.6 Å². The zero-order chi connectivity index (χ0) is 26.2. The van der Waals surface area contributed by atoms with Crippen LogP contribution in [0.2, 0.25) is 0 Å². The Labute approximate surface area is 226 Å².